The molecule has 0 aromatic heterocycles. The number of anilines is 1. The third-order valence-corrected chi connectivity index (χ3v) is 9.23. The summed E-state index contributed by atoms with van der Waals surface area (Å²) in [5.41, 5.74) is 0.499. The Morgan fingerprint density at radius 2 is 2.04 bits per heavy atom. The lowest BCUT2D eigenvalue weighted by Crippen LogP contribution is -2.43. The van der Waals surface area contributed by atoms with Crippen molar-refractivity contribution in [1.29, 1.82) is 0 Å². The van der Waals surface area contributed by atoms with Crippen LogP contribution in [0.15, 0.2) is 18.2 Å². The van der Waals surface area contributed by atoms with Gasteiger partial charge in [0.25, 0.3) is 5.91 Å². The summed E-state index contributed by atoms with van der Waals surface area (Å²) in [6.45, 7) is 11.3. The molecule has 1 aromatic rings. The number of benzene rings is 1. The van der Waals surface area contributed by atoms with Crippen LogP contribution in [0.4, 0.5) is 5.69 Å². The predicted molar refractivity (Wildman–Crippen MR) is 94.2 cm³/mol. The Kier molecular flexibility index (Phi) is 5.05. The summed E-state index contributed by atoms with van der Waals surface area (Å²) in [5, 5.41) is 11.8. The van der Waals surface area contributed by atoms with E-state index in [1.54, 1.807) is 6.07 Å². The lowest BCUT2D eigenvalue weighted by molar-refractivity contribution is -0.124. The SMILES string of the molecule is CC(C)(C)[Si](C)(C)OCCC1Oc2ccc(C(=O)O)cc2NC1=O. The zero-order valence-corrected chi connectivity index (χ0v) is 15.8. The van der Waals surface area contributed by atoms with Gasteiger partial charge in [0.15, 0.2) is 14.4 Å². The molecule has 1 atom stereocenters. The van der Waals surface area contributed by atoms with Crippen molar-refractivity contribution in [1.82, 2.24) is 0 Å². The molecule has 2 N–H and O–H groups in total. The second-order valence-electron chi connectivity index (χ2n) is 7.51. The molecule has 0 radical (unpaired) electrons. The first-order valence-electron chi connectivity index (χ1n) is 8.00. The molecule has 1 unspecified atom stereocenters. The topological polar surface area (TPSA) is 84.9 Å². The molecule has 6 nitrogen and oxygen atoms in total. The number of carbonyl (C=O) groups excluding carboxylic acids is 1. The standard InChI is InChI=1S/C17H25NO5Si/c1-17(2,3)24(4,5)22-9-8-14-15(19)18-12-10-11(16(20)21)6-7-13(12)23-14/h6-7,10,14H,8-9H2,1-5H3,(H,18,19)(H,20,21). The fourth-order valence-electron chi connectivity index (χ4n) is 2.11. The second-order valence-corrected chi connectivity index (χ2v) is 12.3. The number of nitrogens with one attached hydrogen (secondary N) is 1. The molecule has 0 bridgehead atoms. The van der Waals surface area contributed by atoms with Crippen LogP contribution in [-0.2, 0) is 9.22 Å². The Morgan fingerprint density at radius 1 is 1.38 bits per heavy atom. The lowest BCUT2D eigenvalue weighted by Gasteiger charge is -2.36. The number of hydrogen-bond donors (Lipinski definition) is 2. The highest BCUT2D eigenvalue weighted by Gasteiger charge is 2.37. The normalized spacial score (nSPS) is 17.7. The van der Waals surface area contributed by atoms with Crippen molar-refractivity contribution in [3.8, 4) is 5.75 Å². The Balaban J connectivity index is 2.00. The molecule has 1 aromatic carbocycles. The predicted octanol–water partition coefficient (Wildman–Crippen LogP) is 3.50. The second kappa shape index (κ2) is 6.56. The summed E-state index contributed by atoms with van der Waals surface area (Å²) < 4.78 is 11.8. The highest BCUT2D eigenvalue weighted by Crippen LogP contribution is 2.37. The molecule has 0 spiro atoms. The number of aromatic carboxylic acids is 1. The first-order valence-corrected chi connectivity index (χ1v) is 10.9. The third-order valence-electron chi connectivity index (χ3n) is 4.70. The number of ether oxygens (including phenoxy) is 1. The van der Waals surface area contributed by atoms with E-state index in [4.69, 9.17) is 14.3 Å². The van der Waals surface area contributed by atoms with Crippen LogP contribution in [0.25, 0.3) is 0 Å². The maximum atomic E-state index is 12.2. The smallest absolute Gasteiger partial charge is 0.335 e. The van der Waals surface area contributed by atoms with Gasteiger partial charge in [0.1, 0.15) is 5.75 Å². The molecule has 0 fully saturated rings. The van der Waals surface area contributed by atoms with Crippen LogP contribution >= 0.6 is 0 Å². The van der Waals surface area contributed by atoms with Crippen LogP contribution in [0.1, 0.15) is 37.6 Å². The van der Waals surface area contributed by atoms with E-state index in [2.05, 4.69) is 39.2 Å². The number of rotatable bonds is 5. The van der Waals surface area contributed by atoms with Gasteiger partial charge in [-0.15, -0.1) is 0 Å². The van der Waals surface area contributed by atoms with Crippen molar-refractivity contribution in [2.75, 3.05) is 11.9 Å². The summed E-state index contributed by atoms with van der Waals surface area (Å²) in [6, 6.07) is 4.43. The van der Waals surface area contributed by atoms with Crippen LogP contribution < -0.4 is 10.1 Å². The van der Waals surface area contributed by atoms with Crippen LogP contribution in [0.2, 0.25) is 18.1 Å². The highest BCUT2D eigenvalue weighted by atomic mass is 28.4. The average molecular weight is 351 g/mol. The minimum absolute atomic E-state index is 0.109. The molecule has 1 heterocycles. The van der Waals surface area contributed by atoms with E-state index in [0.29, 0.717) is 24.5 Å². The molecule has 2 rings (SSSR count). The van der Waals surface area contributed by atoms with Crippen LogP contribution in [0, 0.1) is 0 Å². The average Bonchev–Trinajstić information content (AvgIpc) is 2.45. The molecule has 0 aliphatic carbocycles. The molecule has 1 aliphatic rings. The van der Waals surface area contributed by atoms with E-state index < -0.39 is 20.4 Å². The Morgan fingerprint density at radius 3 is 2.62 bits per heavy atom. The summed E-state index contributed by atoms with van der Waals surface area (Å²) in [4.78, 5) is 23.1. The number of fused-ring (bicyclic) bond motifs is 1. The van der Waals surface area contributed by atoms with Crippen molar-refractivity contribution in [2.24, 2.45) is 0 Å². The van der Waals surface area contributed by atoms with Gasteiger partial charge in [0.2, 0.25) is 0 Å². The molecular formula is C17H25NO5Si. The molecule has 0 saturated heterocycles. The van der Waals surface area contributed by atoms with Gasteiger partial charge < -0.3 is 19.6 Å². The van der Waals surface area contributed by atoms with Crippen LogP contribution in [0.5, 0.6) is 5.75 Å². The zero-order valence-electron chi connectivity index (χ0n) is 14.8. The molecule has 132 valence electrons. The number of amides is 1. The van der Waals surface area contributed by atoms with E-state index >= 15 is 0 Å². The third kappa shape index (κ3) is 3.96. The summed E-state index contributed by atoms with van der Waals surface area (Å²) in [6.07, 6.45) is -0.170. The van der Waals surface area contributed by atoms with E-state index in [1.165, 1.54) is 12.1 Å². The number of hydrogen-bond acceptors (Lipinski definition) is 4. The fraction of sp³-hybridized carbons (Fsp3) is 0.529. The monoisotopic (exact) mass is 351 g/mol. The number of carboxylic acid groups (broad SMARTS) is 1. The van der Waals surface area contributed by atoms with Gasteiger partial charge in [-0.2, -0.15) is 0 Å². The van der Waals surface area contributed by atoms with Gasteiger partial charge in [-0.1, -0.05) is 20.8 Å². The zero-order chi connectivity index (χ0) is 18.1. The first kappa shape index (κ1) is 18.5. The quantitative estimate of drug-likeness (QED) is 0.793. The molecule has 7 heteroatoms. The number of carboxylic acids is 1. The van der Waals surface area contributed by atoms with Gasteiger partial charge >= 0.3 is 5.97 Å². The maximum Gasteiger partial charge on any atom is 0.335 e. The van der Waals surface area contributed by atoms with Gasteiger partial charge in [0.05, 0.1) is 11.3 Å². The Hall–Kier alpha value is -1.86. The van der Waals surface area contributed by atoms with Crippen molar-refractivity contribution < 1.29 is 23.9 Å². The minimum atomic E-state index is -1.86. The molecule has 24 heavy (non-hydrogen) atoms. The van der Waals surface area contributed by atoms with E-state index in [9.17, 15) is 9.59 Å². The van der Waals surface area contributed by atoms with E-state index in [0.717, 1.165) is 0 Å². The molecule has 1 aliphatic heterocycles. The molecular weight excluding hydrogens is 326 g/mol. The Labute approximate surface area is 143 Å². The van der Waals surface area contributed by atoms with Gasteiger partial charge in [-0.25, -0.2) is 4.79 Å². The highest BCUT2D eigenvalue weighted by molar-refractivity contribution is 6.74. The van der Waals surface area contributed by atoms with Gasteiger partial charge in [-0.3, -0.25) is 4.79 Å². The van der Waals surface area contributed by atoms with Crippen LogP contribution in [-0.4, -0.2) is 38.0 Å². The Bertz CT molecular complexity index is 651. The summed E-state index contributed by atoms with van der Waals surface area (Å²) in [7, 11) is -1.86. The van der Waals surface area contributed by atoms with E-state index in [-0.39, 0.29) is 16.5 Å². The van der Waals surface area contributed by atoms with Crippen LogP contribution in [0.3, 0.4) is 0 Å². The molecule has 0 saturated carbocycles. The van der Waals surface area contributed by atoms with Crippen molar-refractivity contribution in [3.63, 3.8) is 0 Å². The largest absolute Gasteiger partial charge is 0.478 e. The fourth-order valence-corrected chi connectivity index (χ4v) is 3.17. The van der Waals surface area contributed by atoms with E-state index in [1.807, 2.05) is 0 Å². The molecule has 1 amide bonds. The van der Waals surface area contributed by atoms with Crippen molar-refractivity contribution in [2.45, 2.75) is 51.4 Å². The number of carbonyl (C=O) groups is 2. The summed E-state index contributed by atoms with van der Waals surface area (Å²) >= 11 is 0. The van der Waals surface area contributed by atoms with Crippen molar-refractivity contribution in [3.05, 3.63) is 23.8 Å². The minimum Gasteiger partial charge on any atom is -0.478 e. The van der Waals surface area contributed by atoms with Gasteiger partial charge in [0, 0.05) is 13.0 Å². The summed E-state index contributed by atoms with van der Waals surface area (Å²) in [5.74, 6) is -0.835. The van der Waals surface area contributed by atoms with Crippen molar-refractivity contribution >= 4 is 25.9 Å². The van der Waals surface area contributed by atoms with Gasteiger partial charge in [-0.05, 0) is 36.3 Å². The lowest BCUT2D eigenvalue weighted by atomic mass is 10.1. The first-order chi connectivity index (χ1) is 11.0. The maximum absolute atomic E-state index is 12.2.